The molecule has 0 aromatic heterocycles. The lowest BCUT2D eigenvalue weighted by Gasteiger charge is -2.22. The molecule has 0 bridgehead atoms. The summed E-state index contributed by atoms with van der Waals surface area (Å²) in [6.45, 7) is 3.11. The summed E-state index contributed by atoms with van der Waals surface area (Å²) in [5.74, 6) is -1.33. The van der Waals surface area contributed by atoms with Gasteiger partial charge < -0.3 is 10.6 Å². The molecule has 2 aromatic rings. The van der Waals surface area contributed by atoms with E-state index in [2.05, 4.69) is 38.8 Å². The number of rotatable bonds is 6. The Kier molecular flexibility index (Phi) is 6.74. The number of nitrogens with one attached hydrogen (secondary N) is 3. The number of nitrogens with zero attached hydrogens (tertiary/aromatic N) is 1. The van der Waals surface area contributed by atoms with Crippen molar-refractivity contribution in [3.05, 3.63) is 64.1 Å². The molecule has 8 nitrogen and oxygen atoms in total. The van der Waals surface area contributed by atoms with E-state index in [0.717, 1.165) is 27.8 Å². The summed E-state index contributed by atoms with van der Waals surface area (Å²) < 4.78 is 0.844. The fourth-order valence-corrected chi connectivity index (χ4v) is 3.60. The molecule has 1 unspecified atom stereocenters. The summed E-state index contributed by atoms with van der Waals surface area (Å²) in [6, 6.07) is 12.8. The molecule has 1 aliphatic heterocycles. The first-order valence-electron chi connectivity index (χ1n) is 9.83. The largest absolute Gasteiger partial charge is 0.325 e. The molecule has 2 aromatic carbocycles. The zero-order chi connectivity index (χ0) is 22.6. The van der Waals surface area contributed by atoms with Gasteiger partial charge in [0, 0.05) is 10.2 Å². The number of halogens is 1. The zero-order valence-corrected chi connectivity index (χ0v) is 18.8. The van der Waals surface area contributed by atoms with Crippen molar-refractivity contribution in [1.29, 1.82) is 0 Å². The molecular formula is C22H23BrN4O4. The Morgan fingerprint density at radius 1 is 1.06 bits per heavy atom. The number of anilines is 1. The lowest BCUT2D eigenvalue weighted by Crippen LogP contribution is -2.45. The SMILES string of the molecule is CCCc1ccc(C2(C)NC(=O)N(CC(=O)NC(=O)Nc3ccc(Br)cc3)C2=O)cc1. The van der Waals surface area contributed by atoms with Gasteiger partial charge in [0.2, 0.25) is 5.91 Å². The number of carbonyl (C=O) groups excluding carboxylic acids is 4. The highest BCUT2D eigenvalue weighted by atomic mass is 79.9. The molecule has 1 atom stereocenters. The van der Waals surface area contributed by atoms with Gasteiger partial charge in [-0.2, -0.15) is 0 Å². The average Bonchev–Trinajstić information content (AvgIpc) is 2.94. The summed E-state index contributed by atoms with van der Waals surface area (Å²) in [5.41, 5.74) is 0.978. The van der Waals surface area contributed by atoms with E-state index in [-0.39, 0.29) is 0 Å². The first-order valence-corrected chi connectivity index (χ1v) is 10.6. The molecule has 1 aliphatic rings. The number of aryl methyl sites for hydroxylation is 1. The van der Waals surface area contributed by atoms with Crippen molar-refractivity contribution in [3.8, 4) is 0 Å². The van der Waals surface area contributed by atoms with Crippen LogP contribution >= 0.6 is 15.9 Å². The standard InChI is InChI=1S/C22H23BrN4O4/c1-3-4-14-5-7-15(8-6-14)22(2)19(29)27(21(31)26-22)13-18(28)25-20(30)24-17-11-9-16(23)10-12-17/h5-12H,3-4,13H2,1-2H3,(H,26,31)(H2,24,25,28,30). The minimum atomic E-state index is -1.28. The van der Waals surface area contributed by atoms with Crippen molar-refractivity contribution >= 4 is 45.5 Å². The molecule has 0 spiro atoms. The normalized spacial score (nSPS) is 18.0. The van der Waals surface area contributed by atoms with Crippen LogP contribution in [-0.2, 0) is 21.5 Å². The van der Waals surface area contributed by atoms with E-state index in [1.54, 1.807) is 43.3 Å². The third kappa shape index (κ3) is 5.11. The van der Waals surface area contributed by atoms with E-state index in [9.17, 15) is 19.2 Å². The Bertz CT molecular complexity index is 1010. The molecule has 1 saturated heterocycles. The first-order chi connectivity index (χ1) is 14.7. The molecule has 1 fully saturated rings. The predicted octanol–water partition coefficient (Wildman–Crippen LogP) is 3.52. The van der Waals surface area contributed by atoms with E-state index < -0.39 is 36.0 Å². The topological polar surface area (TPSA) is 108 Å². The van der Waals surface area contributed by atoms with E-state index in [4.69, 9.17) is 0 Å². The van der Waals surface area contributed by atoms with Gasteiger partial charge in [0.15, 0.2) is 0 Å². The molecule has 1 heterocycles. The highest BCUT2D eigenvalue weighted by molar-refractivity contribution is 9.10. The van der Waals surface area contributed by atoms with Crippen LogP contribution in [0.5, 0.6) is 0 Å². The quantitative estimate of drug-likeness (QED) is 0.542. The summed E-state index contributed by atoms with van der Waals surface area (Å²) in [6.07, 6.45) is 1.93. The van der Waals surface area contributed by atoms with Gasteiger partial charge in [-0.1, -0.05) is 53.5 Å². The van der Waals surface area contributed by atoms with Gasteiger partial charge in [-0.15, -0.1) is 0 Å². The zero-order valence-electron chi connectivity index (χ0n) is 17.2. The van der Waals surface area contributed by atoms with Crippen LogP contribution in [0.1, 0.15) is 31.4 Å². The van der Waals surface area contributed by atoms with Gasteiger partial charge >= 0.3 is 12.1 Å². The summed E-state index contributed by atoms with van der Waals surface area (Å²) in [5, 5.41) is 7.29. The van der Waals surface area contributed by atoms with Gasteiger partial charge in [-0.3, -0.25) is 19.8 Å². The van der Waals surface area contributed by atoms with Crippen LogP contribution < -0.4 is 16.0 Å². The summed E-state index contributed by atoms with van der Waals surface area (Å²) in [7, 11) is 0. The molecule has 0 aliphatic carbocycles. The summed E-state index contributed by atoms with van der Waals surface area (Å²) in [4.78, 5) is 50.4. The van der Waals surface area contributed by atoms with Crippen molar-refractivity contribution in [2.45, 2.75) is 32.2 Å². The molecule has 0 radical (unpaired) electrons. The van der Waals surface area contributed by atoms with Crippen LogP contribution in [0.25, 0.3) is 0 Å². The molecule has 6 amide bonds. The van der Waals surface area contributed by atoms with Gasteiger partial charge in [0.1, 0.15) is 12.1 Å². The van der Waals surface area contributed by atoms with E-state index in [0.29, 0.717) is 11.3 Å². The lowest BCUT2D eigenvalue weighted by molar-refractivity contribution is -0.134. The number of hydrogen-bond acceptors (Lipinski definition) is 4. The summed E-state index contributed by atoms with van der Waals surface area (Å²) >= 11 is 3.29. The highest BCUT2D eigenvalue weighted by Gasteiger charge is 2.49. The van der Waals surface area contributed by atoms with Crippen molar-refractivity contribution in [2.75, 3.05) is 11.9 Å². The second-order valence-electron chi connectivity index (χ2n) is 7.40. The van der Waals surface area contributed by atoms with Crippen molar-refractivity contribution < 1.29 is 19.2 Å². The lowest BCUT2D eigenvalue weighted by atomic mass is 9.91. The second-order valence-corrected chi connectivity index (χ2v) is 8.32. The van der Waals surface area contributed by atoms with Crippen molar-refractivity contribution in [3.63, 3.8) is 0 Å². The van der Waals surface area contributed by atoms with Crippen LogP contribution in [0.15, 0.2) is 53.0 Å². The first kappa shape index (κ1) is 22.5. The van der Waals surface area contributed by atoms with Crippen LogP contribution in [0.3, 0.4) is 0 Å². The van der Waals surface area contributed by atoms with Crippen LogP contribution in [0.2, 0.25) is 0 Å². The average molecular weight is 487 g/mol. The number of carbonyl (C=O) groups is 4. The smallest absolute Gasteiger partial charge is 0.319 e. The Morgan fingerprint density at radius 3 is 2.32 bits per heavy atom. The number of urea groups is 2. The Balaban J connectivity index is 1.62. The van der Waals surface area contributed by atoms with Crippen LogP contribution in [0.4, 0.5) is 15.3 Å². The van der Waals surface area contributed by atoms with Crippen LogP contribution in [0, 0.1) is 0 Å². The third-order valence-electron chi connectivity index (χ3n) is 5.00. The minimum Gasteiger partial charge on any atom is -0.319 e. The highest BCUT2D eigenvalue weighted by Crippen LogP contribution is 2.29. The molecule has 3 rings (SSSR count). The van der Waals surface area contributed by atoms with E-state index in [1.165, 1.54) is 0 Å². The predicted molar refractivity (Wildman–Crippen MR) is 119 cm³/mol. The van der Waals surface area contributed by atoms with Crippen LogP contribution in [-0.4, -0.2) is 35.3 Å². The Morgan fingerprint density at radius 2 is 1.71 bits per heavy atom. The maximum absolute atomic E-state index is 13.0. The molecule has 162 valence electrons. The molecule has 0 saturated carbocycles. The molecule has 3 N–H and O–H groups in total. The molecule has 31 heavy (non-hydrogen) atoms. The number of benzene rings is 2. The van der Waals surface area contributed by atoms with E-state index >= 15 is 0 Å². The van der Waals surface area contributed by atoms with Gasteiger partial charge in [0.05, 0.1) is 0 Å². The number of amides is 6. The maximum atomic E-state index is 13.0. The number of hydrogen-bond donors (Lipinski definition) is 3. The Labute approximate surface area is 188 Å². The van der Waals surface area contributed by atoms with Gasteiger partial charge in [-0.25, -0.2) is 9.59 Å². The third-order valence-corrected chi connectivity index (χ3v) is 5.53. The molecular weight excluding hydrogens is 464 g/mol. The fourth-order valence-electron chi connectivity index (χ4n) is 3.33. The van der Waals surface area contributed by atoms with Gasteiger partial charge in [-0.05, 0) is 48.7 Å². The van der Waals surface area contributed by atoms with Crippen molar-refractivity contribution in [2.24, 2.45) is 0 Å². The van der Waals surface area contributed by atoms with Crippen molar-refractivity contribution in [1.82, 2.24) is 15.5 Å². The van der Waals surface area contributed by atoms with E-state index in [1.807, 2.05) is 12.1 Å². The fraction of sp³-hybridized carbons (Fsp3) is 0.273. The molecule has 9 heteroatoms. The second kappa shape index (κ2) is 9.30. The minimum absolute atomic E-state index is 0.489. The van der Waals surface area contributed by atoms with Gasteiger partial charge in [0.25, 0.3) is 5.91 Å². The maximum Gasteiger partial charge on any atom is 0.325 e. The monoisotopic (exact) mass is 486 g/mol. The number of imide groups is 2. The Hall–Kier alpha value is -3.20.